The summed E-state index contributed by atoms with van der Waals surface area (Å²) in [4.78, 5) is 8.88. The molecule has 0 amide bonds. The highest BCUT2D eigenvalue weighted by Gasteiger charge is 2.03. The Balaban J connectivity index is 2.11. The van der Waals surface area contributed by atoms with Gasteiger partial charge in [0.15, 0.2) is 5.16 Å². The second-order valence-electron chi connectivity index (χ2n) is 4.77. The van der Waals surface area contributed by atoms with Crippen LogP contribution in [0.25, 0.3) is 0 Å². The Kier molecular flexibility index (Phi) is 4.56. The predicted molar refractivity (Wildman–Crippen MR) is 80.1 cm³/mol. The molecule has 19 heavy (non-hydrogen) atoms. The van der Waals surface area contributed by atoms with E-state index in [4.69, 9.17) is 5.73 Å². The molecule has 4 heteroatoms. The molecule has 0 saturated carbocycles. The highest BCUT2D eigenvalue weighted by molar-refractivity contribution is 7.98. The molecule has 0 radical (unpaired) electrons. The standard InChI is InChI=1S/C15H19N3S/c1-10-4-11(2)6-13(5-10)9-19-15-17-12(3)7-14(8-16)18-15/h4-7H,8-9,16H2,1-3H3. The van der Waals surface area contributed by atoms with E-state index in [1.165, 1.54) is 16.7 Å². The van der Waals surface area contributed by atoms with Gasteiger partial charge in [-0.15, -0.1) is 0 Å². The van der Waals surface area contributed by atoms with Crippen LogP contribution in [0.4, 0.5) is 0 Å². The van der Waals surface area contributed by atoms with Gasteiger partial charge < -0.3 is 5.73 Å². The van der Waals surface area contributed by atoms with Crippen LogP contribution in [-0.2, 0) is 12.3 Å². The van der Waals surface area contributed by atoms with E-state index in [9.17, 15) is 0 Å². The molecule has 0 spiro atoms. The van der Waals surface area contributed by atoms with Crippen LogP contribution in [0, 0.1) is 20.8 Å². The van der Waals surface area contributed by atoms with Crippen molar-refractivity contribution < 1.29 is 0 Å². The molecule has 0 saturated heterocycles. The van der Waals surface area contributed by atoms with Crippen LogP contribution in [0.15, 0.2) is 29.4 Å². The van der Waals surface area contributed by atoms with Gasteiger partial charge in [-0.05, 0) is 32.4 Å². The Morgan fingerprint density at radius 2 is 1.68 bits per heavy atom. The number of aryl methyl sites for hydroxylation is 3. The molecule has 0 aliphatic rings. The number of benzene rings is 1. The fourth-order valence-electron chi connectivity index (χ4n) is 2.07. The third-order valence-electron chi connectivity index (χ3n) is 2.75. The molecular weight excluding hydrogens is 254 g/mol. The summed E-state index contributed by atoms with van der Waals surface area (Å²) in [6.45, 7) is 6.68. The molecule has 0 atom stereocenters. The lowest BCUT2D eigenvalue weighted by atomic mass is 10.1. The van der Waals surface area contributed by atoms with Crippen molar-refractivity contribution in [1.82, 2.24) is 9.97 Å². The van der Waals surface area contributed by atoms with Crippen molar-refractivity contribution in [3.8, 4) is 0 Å². The first-order valence-corrected chi connectivity index (χ1v) is 7.30. The second-order valence-corrected chi connectivity index (χ2v) is 5.71. The van der Waals surface area contributed by atoms with Gasteiger partial charge >= 0.3 is 0 Å². The zero-order chi connectivity index (χ0) is 13.8. The maximum atomic E-state index is 5.64. The van der Waals surface area contributed by atoms with E-state index < -0.39 is 0 Å². The van der Waals surface area contributed by atoms with E-state index in [1.54, 1.807) is 11.8 Å². The first-order chi connectivity index (χ1) is 9.06. The van der Waals surface area contributed by atoms with Crippen LogP contribution < -0.4 is 5.73 Å². The summed E-state index contributed by atoms with van der Waals surface area (Å²) in [5.74, 6) is 0.885. The Morgan fingerprint density at radius 3 is 2.32 bits per heavy atom. The van der Waals surface area contributed by atoms with Crippen LogP contribution in [-0.4, -0.2) is 9.97 Å². The molecule has 0 bridgehead atoms. The Bertz CT molecular complexity index is 561. The van der Waals surface area contributed by atoms with Gasteiger partial charge in [-0.3, -0.25) is 0 Å². The number of aromatic nitrogens is 2. The van der Waals surface area contributed by atoms with E-state index in [0.29, 0.717) is 6.54 Å². The molecule has 2 N–H and O–H groups in total. The minimum Gasteiger partial charge on any atom is -0.325 e. The van der Waals surface area contributed by atoms with Crippen molar-refractivity contribution in [3.63, 3.8) is 0 Å². The van der Waals surface area contributed by atoms with Crippen LogP contribution >= 0.6 is 11.8 Å². The predicted octanol–water partition coefficient (Wildman–Crippen LogP) is 3.15. The highest BCUT2D eigenvalue weighted by atomic mass is 32.2. The first kappa shape index (κ1) is 14.0. The van der Waals surface area contributed by atoms with Crippen molar-refractivity contribution >= 4 is 11.8 Å². The number of thioether (sulfide) groups is 1. The minimum atomic E-state index is 0.459. The normalized spacial score (nSPS) is 10.7. The summed E-state index contributed by atoms with van der Waals surface area (Å²) in [6, 6.07) is 8.53. The van der Waals surface area contributed by atoms with Crippen molar-refractivity contribution in [2.45, 2.75) is 38.2 Å². The van der Waals surface area contributed by atoms with E-state index in [0.717, 1.165) is 22.3 Å². The Morgan fingerprint density at radius 1 is 1.00 bits per heavy atom. The van der Waals surface area contributed by atoms with Gasteiger partial charge in [0, 0.05) is 18.0 Å². The molecule has 1 aromatic heterocycles. The molecule has 3 nitrogen and oxygen atoms in total. The molecular formula is C15H19N3S. The second kappa shape index (κ2) is 6.17. The summed E-state index contributed by atoms with van der Waals surface area (Å²) in [5.41, 5.74) is 11.4. The molecule has 0 fully saturated rings. The van der Waals surface area contributed by atoms with Gasteiger partial charge in [0.1, 0.15) is 0 Å². The molecule has 0 unspecified atom stereocenters. The van der Waals surface area contributed by atoms with Crippen LogP contribution in [0.1, 0.15) is 28.1 Å². The fourth-order valence-corrected chi connectivity index (χ4v) is 2.93. The maximum absolute atomic E-state index is 5.64. The lowest BCUT2D eigenvalue weighted by Gasteiger charge is -2.06. The zero-order valence-electron chi connectivity index (χ0n) is 11.6. The number of rotatable bonds is 4. The number of hydrogen-bond donors (Lipinski definition) is 1. The SMILES string of the molecule is Cc1cc(C)cc(CSc2nc(C)cc(CN)n2)c1. The Labute approximate surface area is 118 Å². The lowest BCUT2D eigenvalue weighted by molar-refractivity contribution is 0.854. The van der Waals surface area contributed by atoms with Gasteiger partial charge in [-0.1, -0.05) is 41.1 Å². The first-order valence-electron chi connectivity index (χ1n) is 6.31. The summed E-state index contributed by atoms with van der Waals surface area (Å²) < 4.78 is 0. The monoisotopic (exact) mass is 273 g/mol. The molecule has 100 valence electrons. The molecule has 1 heterocycles. The van der Waals surface area contributed by atoms with E-state index in [1.807, 2.05) is 13.0 Å². The average molecular weight is 273 g/mol. The topological polar surface area (TPSA) is 51.8 Å². The highest BCUT2D eigenvalue weighted by Crippen LogP contribution is 2.21. The quantitative estimate of drug-likeness (QED) is 0.687. The summed E-state index contributed by atoms with van der Waals surface area (Å²) in [7, 11) is 0. The molecule has 2 aromatic rings. The summed E-state index contributed by atoms with van der Waals surface area (Å²) >= 11 is 1.66. The van der Waals surface area contributed by atoms with Crippen LogP contribution in [0.3, 0.4) is 0 Å². The smallest absolute Gasteiger partial charge is 0.188 e. The van der Waals surface area contributed by atoms with E-state index >= 15 is 0 Å². The van der Waals surface area contributed by atoms with Crippen molar-refractivity contribution in [2.24, 2.45) is 5.73 Å². The van der Waals surface area contributed by atoms with E-state index in [-0.39, 0.29) is 0 Å². The van der Waals surface area contributed by atoms with Crippen molar-refractivity contribution in [3.05, 3.63) is 52.3 Å². The van der Waals surface area contributed by atoms with Crippen molar-refractivity contribution in [1.29, 1.82) is 0 Å². The van der Waals surface area contributed by atoms with Gasteiger partial charge in [0.2, 0.25) is 0 Å². The molecule has 1 aromatic carbocycles. The maximum Gasteiger partial charge on any atom is 0.188 e. The van der Waals surface area contributed by atoms with E-state index in [2.05, 4.69) is 42.0 Å². The fraction of sp³-hybridized carbons (Fsp3) is 0.333. The third-order valence-corrected chi connectivity index (χ3v) is 3.66. The molecule has 2 rings (SSSR count). The van der Waals surface area contributed by atoms with Gasteiger partial charge in [-0.25, -0.2) is 9.97 Å². The number of nitrogens with two attached hydrogens (primary N) is 1. The third kappa shape index (κ3) is 4.04. The molecule has 0 aliphatic heterocycles. The van der Waals surface area contributed by atoms with Crippen molar-refractivity contribution in [2.75, 3.05) is 0 Å². The largest absolute Gasteiger partial charge is 0.325 e. The summed E-state index contributed by atoms with van der Waals surface area (Å²) in [6.07, 6.45) is 0. The lowest BCUT2D eigenvalue weighted by Crippen LogP contribution is -2.03. The average Bonchev–Trinajstić information content (AvgIpc) is 2.34. The number of hydrogen-bond acceptors (Lipinski definition) is 4. The van der Waals surface area contributed by atoms with Gasteiger partial charge in [0.25, 0.3) is 0 Å². The minimum absolute atomic E-state index is 0.459. The van der Waals surface area contributed by atoms with Crippen LogP contribution in [0.2, 0.25) is 0 Å². The zero-order valence-corrected chi connectivity index (χ0v) is 12.4. The van der Waals surface area contributed by atoms with Gasteiger partial charge in [-0.2, -0.15) is 0 Å². The Hall–Kier alpha value is -1.39. The van der Waals surface area contributed by atoms with Crippen LogP contribution in [0.5, 0.6) is 0 Å². The number of nitrogens with zero attached hydrogens (tertiary/aromatic N) is 2. The molecule has 0 aliphatic carbocycles. The van der Waals surface area contributed by atoms with Gasteiger partial charge in [0.05, 0.1) is 5.69 Å². The summed E-state index contributed by atoms with van der Waals surface area (Å²) in [5, 5.41) is 0.805.